The summed E-state index contributed by atoms with van der Waals surface area (Å²) in [6.45, 7) is 0. The summed E-state index contributed by atoms with van der Waals surface area (Å²) in [6.07, 6.45) is 0. The van der Waals surface area contributed by atoms with Gasteiger partial charge in [-0.25, -0.2) is 0 Å². The van der Waals surface area contributed by atoms with Crippen LogP contribution in [0.1, 0.15) is 22.3 Å². The van der Waals surface area contributed by atoms with Crippen molar-refractivity contribution in [3.05, 3.63) is 295 Å². The van der Waals surface area contributed by atoms with Crippen LogP contribution in [0.3, 0.4) is 0 Å². The summed E-state index contributed by atoms with van der Waals surface area (Å²) >= 11 is 0. The van der Waals surface area contributed by atoms with E-state index in [2.05, 4.69) is 287 Å². The third-order valence-electron chi connectivity index (χ3n) is 14.0. The van der Waals surface area contributed by atoms with E-state index >= 15 is 0 Å². The molecule has 0 radical (unpaired) electrons. The summed E-state index contributed by atoms with van der Waals surface area (Å²) in [6, 6.07) is 99.6. The van der Waals surface area contributed by atoms with Crippen LogP contribution in [0, 0.1) is 0 Å². The van der Waals surface area contributed by atoms with E-state index in [1.165, 1.54) is 66.1 Å². The lowest BCUT2D eigenvalue weighted by molar-refractivity contribution is 0.728. The van der Waals surface area contributed by atoms with Crippen molar-refractivity contribution in [3.8, 4) is 16.8 Å². The number of anilines is 6. The lowest BCUT2D eigenvalue weighted by Crippen LogP contribution is -2.35. The topological polar surface area (TPSA) is 11.4 Å². The van der Waals surface area contributed by atoms with Crippen molar-refractivity contribution in [2.45, 2.75) is 5.41 Å². The molecule has 1 aliphatic rings. The SMILES string of the molecule is c1ccc(N(c2ccccc2)c2ccc(N(c3ccc(-c4ccc(C5(c6ccccc6)c6ccccc6-n6c7ccccc7c7cccc5c76)cc4)cc3)c3cccc4ccccc34)cc2)cc1. The molecule has 2 heterocycles. The van der Waals surface area contributed by atoms with Crippen molar-refractivity contribution in [1.29, 1.82) is 0 Å². The van der Waals surface area contributed by atoms with Crippen LogP contribution in [0.4, 0.5) is 34.1 Å². The summed E-state index contributed by atoms with van der Waals surface area (Å²) in [7, 11) is 0. The zero-order valence-corrected chi connectivity index (χ0v) is 37.3. The van der Waals surface area contributed by atoms with Gasteiger partial charge in [-0.3, -0.25) is 0 Å². The maximum absolute atomic E-state index is 2.49. The Morgan fingerprint density at radius 2 is 0.750 bits per heavy atom. The molecule has 1 aliphatic heterocycles. The van der Waals surface area contributed by atoms with Gasteiger partial charge in [-0.2, -0.15) is 0 Å². The average Bonchev–Trinajstić information content (AvgIpc) is 3.76. The van der Waals surface area contributed by atoms with Crippen molar-refractivity contribution in [3.63, 3.8) is 0 Å². The summed E-state index contributed by atoms with van der Waals surface area (Å²) in [4.78, 5) is 4.69. The van der Waals surface area contributed by atoms with Crippen molar-refractivity contribution in [2.24, 2.45) is 0 Å². The first-order valence-corrected chi connectivity index (χ1v) is 23.4. The molecule has 0 amide bonds. The predicted octanol–water partition coefficient (Wildman–Crippen LogP) is 17.2. The molecule has 0 N–H and O–H groups in total. The maximum atomic E-state index is 2.49. The Hall–Kier alpha value is -8.92. The second kappa shape index (κ2) is 16.2. The number of para-hydroxylation sites is 5. The number of aromatic nitrogens is 1. The molecule has 3 nitrogen and oxygen atoms in total. The highest BCUT2D eigenvalue weighted by atomic mass is 15.2. The van der Waals surface area contributed by atoms with Crippen LogP contribution < -0.4 is 9.80 Å². The summed E-state index contributed by atoms with van der Waals surface area (Å²) in [5.74, 6) is 0. The highest BCUT2D eigenvalue weighted by Gasteiger charge is 2.45. The summed E-state index contributed by atoms with van der Waals surface area (Å²) < 4.78 is 2.49. The normalized spacial score (nSPS) is 13.9. The zero-order chi connectivity index (χ0) is 45.0. The van der Waals surface area contributed by atoms with Crippen molar-refractivity contribution in [1.82, 2.24) is 4.57 Å². The van der Waals surface area contributed by atoms with E-state index in [1.807, 2.05) is 0 Å². The van der Waals surface area contributed by atoms with Gasteiger partial charge in [-0.05, 0) is 118 Å². The van der Waals surface area contributed by atoms with E-state index in [4.69, 9.17) is 0 Å². The Bertz CT molecular complexity index is 3720. The molecule has 13 rings (SSSR count). The minimum absolute atomic E-state index is 0.544. The number of nitrogens with zero attached hydrogens (tertiary/aromatic N) is 3. The Labute approximate surface area is 396 Å². The van der Waals surface area contributed by atoms with Gasteiger partial charge >= 0.3 is 0 Å². The first kappa shape index (κ1) is 39.4. The number of fused-ring (bicyclic) bond motifs is 6. The predicted molar refractivity (Wildman–Crippen MR) is 285 cm³/mol. The first-order chi connectivity index (χ1) is 33.8. The highest BCUT2D eigenvalue weighted by Crippen LogP contribution is 2.54. The quantitative estimate of drug-likeness (QED) is 0.143. The minimum atomic E-state index is -0.544. The number of rotatable bonds is 9. The van der Waals surface area contributed by atoms with Crippen LogP contribution in [-0.4, -0.2) is 4.57 Å². The molecular weight excluding hydrogens is 823 g/mol. The van der Waals surface area contributed by atoms with Crippen LogP contribution in [-0.2, 0) is 5.41 Å². The molecule has 320 valence electrons. The molecular formula is C65H45N3. The van der Waals surface area contributed by atoms with Gasteiger partial charge in [-0.15, -0.1) is 0 Å². The smallest absolute Gasteiger partial charge is 0.0742 e. The van der Waals surface area contributed by atoms with E-state index in [1.54, 1.807) is 0 Å². The van der Waals surface area contributed by atoms with Crippen LogP contribution in [0.2, 0.25) is 0 Å². The van der Waals surface area contributed by atoms with Crippen molar-refractivity contribution in [2.75, 3.05) is 9.80 Å². The summed E-state index contributed by atoms with van der Waals surface area (Å²) in [5.41, 5.74) is 17.2. The highest BCUT2D eigenvalue weighted by molar-refractivity contribution is 6.12. The molecule has 3 heteroatoms. The molecule has 1 aromatic heterocycles. The van der Waals surface area contributed by atoms with Gasteiger partial charge < -0.3 is 14.4 Å². The second-order valence-electron chi connectivity index (χ2n) is 17.7. The van der Waals surface area contributed by atoms with E-state index < -0.39 is 5.41 Å². The summed E-state index contributed by atoms with van der Waals surface area (Å²) in [5, 5.41) is 4.95. The fraction of sp³-hybridized carbons (Fsp3) is 0.0154. The van der Waals surface area contributed by atoms with Gasteiger partial charge in [0.05, 0.1) is 27.8 Å². The number of benzene rings is 11. The van der Waals surface area contributed by atoms with E-state index in [9.17, 15) is 0 Å². The van der Waals surface area contributed by atoms with Crippen molar-refractivity contribution < 1.29 is 0 Å². The van der Waals surface area contributed by atoms with Gasteiger partial charge in [0.2, 0.25) is 0 Å². The Morgan fingerprint density at radius 3 is 1.44 bits per heavy atom. The van der Waals surface area contributed by atoms with Crippen LogP contribution in [0.15, 0.2) is 273 Å². The molecule has 68 heavy (non-hydrogen) atoms. The molecule has 0 fully saturated rings. The van der Waals surface area contributed by atoms with Gasteiger partial charge in [-0.1, -0.05) is 194 Å². The lowest BCUT2D eigenvalue weighted by Gasteiger charge is -2.41. The molecule has 0 spiro atoms. The Balaban J connectivity index is 0.911. The fourth-order valence-corrected chi connectivity index (χ4v) is 11.1. The molecule has 1 atom stereocenters. The lowest BCUT2D eigenvalue weighted by atomic mass is 9.63. The molecule has 0 saturated heterocycles. The maximum Gasteiger partial charge on any atom is 0.0742 e. The van der Waals surface area contributed by atoms with E-state index in [0.29, 0.717) is 0 Å². The zero-order valence-electron chi connectivity index (χ0n) is 37.3. The third kappa shape index (κ3) is 6.21. The molecule has 0 bridgehead atoms. The second-order valence-corrected chi connectivity index (χ2v) is 17.7. The van der Waals surface area contributed by atoms with Crippen LogP contribution >= 0.6 is 0 Å². The van der Waals surface area contributed by atoms with Crippen LogP contribution in [0.25, 0.3) is 49.4 Å². The minimum Gasteiger partial charge on any atom is -0.311 e. The van der Waals surface area contributed by atoms with Gasteiger partial charge in [0.1, 0.15) is 0 Å². The third-order valence-corrected chi connectivity index (χ3v) is 14.0. The molecule has 11 aromatic carbocycles. The Kier molecular flexibility index (Phi) is 9.40. The largest absolute Gasteiger partial charge is 0.311 e. The molecule has 12 aromatic rings. The number of hydrogen-bond acceptors (Lipinski definition) is 2. The van der Waals surface area contributed by atoms with Gasteiger partial charge in [0.15, 0.2) is 0 Å². The average molecular weight is 868 g/mol. The van der Waals surface area contributed by atoms with E-state index in [-0.39, 0.29) is 0 Å². The Morgan fingerprint density at radius 1 is 0.294 bits per heavy atom. The molecule has 1 unspecified atom stereocenters. The van der Waals surface area contributed by atoms with Crippen LogP contribution in [0.5, 0.6) is 0 Å². The standard InChI is InChI=1S/C65H45N3/c1-4-20-49(21-5-1)65(59-29-13-15-32-63(59)68-62-31-14-12-27-57(62)58-28-17-30-60(65)64(58)68)50-38-34-46(35-39-50)47-36-40-54(41-37-47)67(61-33-16-19-48-18-10-11-26-56(48)61)55-44-42-53(43-45-55)66(51-22-6-2-7-23-51)52-24-8-3-9-25-52/h1-45H. The molecule has 0 aliphatic carbocycles. The first-order valence-electron chi connectivity index (χ1n) is 23.4. The fourth-order valence-electron chi connectivity index (χ4n) is 11.1. The van der Waals surface area contributed by atoms with E-state index in [0.717, 1.165) is 39.7 Å². The molecule has 0 saturated carbocycles. The van der Waals surface area contributed by atoms with Crippen molar-refractivity contribution >= 4 is 66.7 Å². The van der Waals surface area contributed by atoms with Gasteiger partial charge in [0.25, 0.3) is 0 Å². The monoisotopic (exact) mass is 867 g/mol. The number of hydrogen-bond donors (Lipinski definition) is 0. The van der Waals surface area contributed by atoms with Gasteiger partial charge in [0, 0.05) is 44.6 Å².